The molecule has 0 bridgehead atoms. The van der Waals surface area contributed by atoms with Crippen molar-refractivity contribution < 1.29 is 9.47 Å². The molecule has 0 spiro atoms. The maximum Gasteiger partial charge on any atom is 0.162 e. The van der Waals surface area contributed by atoms with Gasteiger partial charge in [0, 0.05) is 6.04 Å². The molecular formula is C14H29NO2. The van der Waals surface area contributed by atoms with E-state index in [0.717, 1.165) is 13.2 Å². The third-order valence-electron chi connectivity index (χ3n) is 3.28. The highest BCUT2D eigenvalue weighted by molar-refractivity contribution is 4.76. The van der Waals surface area contributed by atoms with Gasteiger partial charge in [-0.15, -0.1) is 0 Å². The average Bonchev–Trinajstić information content (AvgIpc) is 2.28. The molecule has 1 aliphatic heterocycles. The van der Waals surface area contributed by atoms with Gasteiger partial charge in [-0.05, 0) is 27.2 Å². The summed E-state index contributed by atoms with van der Waals surface area (Å²) in [4.78, 5) is 0. The Labute approximate surface area is 106 Å². The van der Waals surface area contributed by atoms with Gasteiger partial charge in [0.1, 0.15) is 0 Å². The Morgan fingerprint density at radius 1 is 1.18 bits per heavy atom. The van der Waals surface area contributed by atoms with Crippen molar-refractivity contribution in [3.63, 3.8) is 0 Å². The van der Waals surface area contributed by atoms with Gasteiger partial charge >= 0.3 is 0 Å². The van der Waals surface area contributed by atoms with Crippen molar-refractivity contribution in [2.24, 2.45) is 0 Å². The molecule has 102 valence electrons. The molecular weight excluding hydrogens is 214 g/mol. The van der Waals surface area contributed by atoms with Crippen LogP contribution in [0, 0.1) is 0 Å². The topological polar surface area (TPSA) is 30.5 Å². The lowest BCUT2D eigenvalue weighted by Crippen LogP contribution is -2.50. The van der Waals surface area contributed by atoms with Crippen molar-refractivity contribution in [1.82, 2.24) is 5.32 Å². The minimum absolute atomic E-state index is 0.351. The first-order valence-electron chi connectivity index (χ1n) is 7.07. The molecule has 0 aromatic heterocycles. The Morgan fingerprint density at radius 3 is 2.41 bits per heavy atom. The van der Waals surface area contributed by atoms with E-state index in [1.807, 2.05) is 13.8 Å². The summed E-state index contributed by atoms with van der Waals surface area (Å²) in [6.07, 6.45) is 6.59. The van der Waals surface area contributed by atoms with Crippen LogP contribution in [0.4, 0.5) is 0 Å². The van der Waals surface area contributed by atoms with Gasteiger partial charge in [0.2, 0.25) is 0 Å². The number of hydrogen-bond donors (Lipinski definition) is 1. The second kappa shape index (κ2) is 7.34. The fraction of sp³-hybridized carbons (Fsp3) is 1.00. The van der Waals surface area contributed by atoms with Crippen LogP contribution < -0.4 is 5.32 Å². The number of nitrogens with one attached hydrogen (secondary N) is 1. The molecule has 0 aliphatic carbocycles. The van der Waals surface area contributed by atoms with E-state index in [9.17, 15) is 0 Å². The highest BCUT2D eigenvalue weighted by atomic mass is 16.7. The monoisotopic (exact) mass is 243 g/mol. The summed E-state index contributed by atoms with van der Waals surface area (Å²) < 4.78 is 11.3. The van der Waals surface area contributed by atoms with E-state index in [4.69, 9.17) is 9.47 Å². The summed E-state index contributed by atoms with van der Waals surface area (Å²) in [7, 11) is 0. The van der Waals surface area contributed by atoms with Gasteiger partial charge in [-0.1, -0.05) is 32.6 Å². The van der Waals surface area contributed by atoms with Crippen molar-refractivity contribution in [1.29, 1.82) is 0 Å². The smallest absolute Gasteiger partial charge is 0.162 e. The molecule has 0 amide bonds. The van der Waals surface area contributed by atoms with Crippen LogP contribution in [0.5, 0.6) is 0 Å². The molecule has 1 rings (SSSR count). The molecule has 0 aromatic carbocycles. The molecule has 1 atom stereocenters. The molecule has 1 unspecified atom stereocenters. The molecule has 3 nitrogen and oxygen atoms in total. The van der Waals surface area contributed by atoms with Gasteiger partial charge in [0.05, 0.1) is 19.3 Å². The molecule has 0 aromatic rings. The van der Waals surface area contributed by atoms with Gasteiger partial charge in [-0.2, -0.15) is 0 Å². The van der Waals surface area contributed by atoms with Gasteiger partial charge in [0.15, 0.2) is 5.79 Å². The maximum absolute atomic E-state index is 5.64. The minimum Gasteiger partial charge on any atom is -0.349 e. The van der Waals surface area contributed by atoms with Crippen LogP contribution in [0.15, 0.2) is 0 Å². The molecule has 1 saturated heterocycles. The normalized spacial score (nSPS) is 22.6. The van der Waals surface area contributed by atoms with E-state index >= 15 is 0 Å². The first-order chi connectivity index (χ1) is 8.03. The average molecular weight is 243 g/mol. The Hall–Kier alpha value is -0.120. The molecule has 1 fully saturated rings. The minimum atomic E-state index is -0.400. The number of rotatable bonds is 7. The van der Waals surface area contributed by atoms with Crippen LogP contribution in [0.25, 0.3) is 0 Å². The summed E-state index contributed by atoms with van der Waals surface area (Å²) in [6, 6.07) is 0.912. The van der Waals surface area contributed by atoms with Gasteiger partial charge < -0.3 is 14.8 Å². The summed E-state index contributed by atoms with van der Waals surface area (Å²) >= 11 is 0. The molecule has 1 heterocycles. The van der Waals surface area contributed by atoms with Crippen molar-refractivity contribution in [3.05, 3.63) is 0 Å². The second-order valence-electron chi connectivity index (χ2n) is 5.64. The Kier molecular flexibility index (Phi) is 6.45. The lowest BCUT2D eigenvalue weighted by atomic mass is 10.1. The third kappa shape index (κ3) is 6.39. The zero-order chi connectivity index (χ0) is 12.7. The molecule has 3 heteroatoms. The van der Waals surface area contributed by atoms with Crippen LogP contribution >= 0.6 is 0 Å². The van der Waals surface area contributed by atoms with E-state index in [1.54, 1.807) is 0 Å². The van der Waals surface area contributed by atoms with Gasteiger partial charge in [-0.3, -0.25) is 0 Å². The van der Waals surface area contributed by atoms with E-state index in [-0.39, 0.29) is 0 Å². The molecule has 17 heavy (non-hydrogen) atoms. The quantitative estimate of drug-likeness (QED) is 0.697. The molecule has 0 saturated carbocycles. The van der Waals surface area contributed by atoms with Gasteiger partial charge in [-0.25, -0.2) is 0 Å². The highest BCUT2D eigenvalue weighted by Crippen LogP contribution is 2.17. The van der Waals surface area contributed by atoms with E-state index in [0.29, 0.717) is 12.1 Å². The number of hydrogen-bond acceptors (Lipinski definition) is 3. The first kappa shape index (κ1) is 14.9. The van der Waals surface area contributed by atoms with Crippen LogP contribution in [0.3, 0.4) is 0 Å². The van der Waals surface area contributed by atoms with Crippen LogP contribution in [-0.2, 0) is 9.47 Å². The van der Waals surface area contributed by atoms with Crippen molar-refractivity contribution in [2.75, 3.05) is 13.2 Å². The van der Waals surface area contributed by atoms with Gasteiger partial charge in [0.25, 0.3) is 0 Å². The lowest BCUT2D eigenvalue weighted by molar-refractivity contribution is -0.253. The van der Waals surface area contributed by atoms with Crippen LogP contribution in [0.1, 0.15) is 59.8 Å². The second-order valence-corrected chi connectivity index (χ2v) is 5.64. The van der Waals surface area contributed by atoms with Crippen molar-refractivity contribution in [2.45, 2.75) is 77.7 Å². The van der Waals surface area contributed by atoms with E-state index in [2.05, 4.69) is 19.2 Å². The highest BCUT2D eigenvalue weighted by Gasteiger charge is 2.28. The van der Waals surface area contributed by atoms with Crippen LogP contribution in [0.2, 0.25) is 0 Å². The molecule has 1 aliphatic rings. The third-order valence-corrected chi connectivity index (χ3v) is 3.28. The molecule has 0 radical (unpaired) electrons. The maximum atomic E-state index is 5.64. The number of unbranched alkanes of at least 4 members (excludes halogenated alkanes) is 3. The number of ether oxygens (including phenoxy) is 2. The Balaban J connectivity index is 2.08. The lowest BCUT2D eigenvalue weighted by Gasteiger charge is -2.36. The standard InChI is InChI=1S/C14H29NO2/c1-5-6-7-8-9-12(2)15-13-10-16-14(3,4)17-11-13/h12-13,15H,5-11H2,1-4H3. The largest absolute Gasteiger partial charge is 0.349 e. The van der Waals surface area contributed by atoms with E-state index < -0.39 is 5.79 Å². The SMILES string of the molecule is CCCCCCC(C)NC1COC(C)(C)OC1. The zero-order valence-electron chi connectivity index (χ0n) is 11.9. The predicted molar refractivity (Wildman–Crippen MR) is 71.1 cm³/mol. The summed E-state index contributed by atoms with van der Waals surface area (Å²) in [5, 5.41) is 3.58. The summed E-state index contributed by atoms with van der Waals surface area (Å²) in [6.45, 7) is 9.96. The fourth-order valence-electron chi connectivity index (χ4n) is 2.15. The van der Waals surface area contributed by atoms with Crippen LogP contribution in [-0.4, -0.2) is 31.1 Å². The predicted octanol–water partition coefficient (Wildman–Crippen LogP) is 3.09. The molecule has 1 N–H and O–H groups in total. The summed E-state index contributed by atoms with van der Waals surface area (Å²) in [5.41, 5.74) is 0. The van der Waals surface area contributed by atoms with Crippen molar-refractivity contribution in [3.8, 4) is 0 Å². The fourth-order valence-corrected chi connectivity index (χ4v) is 2.15. The van der Waals surface area contributed by atoms with Crippen molar-refractivity contribution >= 4 is 0 Å². The Morgan fingerprint density at radius 2 is 1.82 bits per heavy atom. The van der Waals surface area contributed by atoms with E-state index in [1.165, 1.54) is 32.1 Å². The summed E-state index contributed by atoms with van der Waals surface area (Å²) in [5.74, 6) is -0.400. The zero-order valence-corrected chi connectivity index (χ0v) is 11.9. The first-order valence-corrected chi connectivity index (χ1v) is 7.07. The Bertz CT molecular complexity index is 196.